The molecule has 0 aliphatic heterocycles. The summed E-state index contributed by atoms with van der Waals surface area (Å²) >= 11 is 0. The molecule has 0 aromatic carbocycles. The Morgan fingerprint density at radius 1 is 1.22 bits per heavy atom. The Hall–Kier alpha value is -2.74. The molecule has 3 aromatic heterocycles. The fourth-order valence-corrected chi connectivity index (χ4v) is 1.84. The van der Waals surface area contributed by atoms with Gasteiger partial charge in [-0.3, -0.25) is 4.98 Å². The molecule has 0 radical (unpaired) electrons. The fourth-order valence-electron chi connectivity index (χ4n) is 1.84. The zero-order valence-corrected chi connectivity index (χ0v) is 9.70. The summed E-state index contributed by atoms with van der Waals surface area (Å²) in [5.74, 6) is 0. The van der Waals surface area contributed by atoms with Crippen molar-refractivity contribution in [2.75, 3.05) is 0 Å². The number of nitrogens with zero attached hydrogens (tertiary/aromatic N) is 5. The van der Waals surface area contributed by atoms with Crippen molar-refractivity contribution in [3.8, 4) is 17.5 Å². The average Bonchev–Trinajstić information content (AvgIpc) is 2.81. The summed E-state index contributed by atoms with van der Waals surface area (Å²) < 4.78 is 1.64. The van der Waals surface area contributed by atoms with E-state index in [1.165, 1.54) is 6.20 Å². The molecule has 0 bridgehead atoms. The average molecular weight is 235 g/mol. The second kappa shape index (κ2) is 3.93. The lowest BCUT2D eigenvalue weighted by molar-refractivity contribution is 0.941. The standard InChI is InChI=1S/C13H9N5/c1-9-2-4-15-11(6-9)12-3-5-16-13-10(7-14)8-17-18(12)13/h2-6,8H,1H3. The maximum Gasteiger partial charge on any atom is 0.173 e. The SMILES string of the molecule is Cc1ccnc(-c2ccnc3c(C#N)cnn23)c1. The van der Waals surface area contributed by atoms with E-state index in [-0.39, 0.29) is 0 Å². The molecule has 0 aliphatic carbocycles. The van der Waals surface area contributed by atoms with E-state index < -0.39 is 0 Å². The number of nitriles is 1. The van der Waals surface area contributed by atoms with Crippen molar-refractivity contribution in [2.45, 2.75) is 6.92 Å². The van der Waals surface area contributed by atoms with E-state index in [4.69, 9.17) is 5.26 Å². The number of pyridine rings is 1. The van der Waals surface area contributed by atoms with Crippen LogP contribution in [0, 0.1) is 18.3 Å². The largest absolute Gasteiger partial charge is 0.255 e. The monoisotopic (exact) mass is 235 g/mol. The van der Waals surface area contributed by atoms with Gasteiger partial charge in [-0.05, 0) is 30.7 Å². The molecule has 0 unspecified atom stereocenters. The summed E-state index contributed by atoms with van der Waals surface area (Å²) in [7, 11) is 0. The van der Waals surface area contributed by atoms with Crippen LogP contribution in [0.15, 0.2) is 36.8 Å². The lowest BCUT2D eigenvalue weighted by atomic mass is 10.2. The van der Waals surface area contributed by atoms with Crippen LogP contribution in [-0.2, 0) is 0 Å². The predicted octanol–water partition coefficient (Wildman–Crippen LogP) is 1.97. The Balaban J connectivity index is 2.31. The highest BCUT2D eigenvalue weighted by molar-refractivity contribution is 5.63. The van der Waals surface area contributed by atoms with E-state index in [0.29, 0.717) is 11.2 Å². The summed E-state index contributed by atoms with van der Waals surface area (Å²) in [6, 6.07) is 7.82. The molecule has 0 saturated heterocycles. The van der Waals surface area contributed by atoms with Gasteiger partial charge in [0.15, 0.2) is 5.65 Å². The van der Waals surface area contributed by atoms with Crippen LogP contribution in [0.1, 0.15) is 11.1 Å². The van der Waals surface area contributed by atoms with Gasteiger partial charge in [-0.25, -0.2) is 9.50 Å². The third-order valence-electron chi connectivity index (χ3n) is 2.70. The van der Waals surface area contributed by atoms with Gasteiger partial charge >= 0.3 is 0 Å². The summed E-state index contributed by atoms with van der Waals surface area (Å²) in [4.78, 5) is 8.49. The summed E-state index contributed by atoms with van der Waals surface area (Å²) in [5.41, 5.74) is 3.78. The molecule has 3 rings (SSSR count). The number of fused-ring (bicyclic) bond motifs is 1. The minimum absolute atomic E-state index is 0.463. The zero-order chi connectivity index (χ0) is 12.5. The Kier molecular flexibility index (Phi) is 2.27. The second-order valence-corrected chi connectivity index (χ2v) is 3.95. The first-order valence-electron chi connectivity index (χ1n) is 5.45. The maximum atomic E-state index is 8.97. The van der Waals surface area contributed by atoms with E-state index in [1.54, 1.807) is 16.9 Å². The minimum atomic E-state index is 0.463. The van der Waals surface area contributed by atoms with Gasteiger partial charge in [-0.15, -0.1) is 0 Å². The molecule has 5 nitrogen and oxygen atoms in total. The number of hydrogen-bond donors (Lipinski definition) is 0. The van der Waals surface area contributed by atoms with Crippen LogP contribution in [0.3, 0.4) is 0 Å². The summed E-state index contributed by atoms with van der Waals surface area (Å²) in [6.07, 6.45) is 4.93. The zero-order valence-electron chi connectivity index (χ0n) is 9.70. The molecule has 0 aliphatic rings. The molecule has 18 heavy (non-hydrogen) atoms. The van der Waals surface area contributed by atoms with Crippen LogP contribution in [-0.4, -0.2) is 19.6 Å². The van der Waals surface area contributed by atoms with Crippen molar-refractivity contribution in [1.29, 1.82) is 5.26 Å². The number of hydrogen-bond acceptors (Lipinski definition) is 4. The van der Waals surface area contributed by atoms with Crippen LogP contribution in [0.2, 0.25) is 0 Å². The van der Waals surface area contributed by atoms with Crippen LogP contribution in [0.25, 0.3) is 17.0 Å². The molecule has 0 atom stereocenters. The van der Waals surface area contributed by atoms with Crippen molar-refractivity contribution in [3.05, 3.63) is 47.9 Å². The lowest BCUT2D eigenvalue weighted by Gasteiger charge is -2.04. The normalized spacial score (nSPS) is 10.4. The molecule has 0 amide bonds. The predicted molar refractivity (Wildman–Crippen MR) is 65.7 cm³/mol. The van der Waals surface area contributed by atoms with Gasteiger partial charge in [-0.1, -0.05) is 0 Å². The van der Waals surface area contributed by atoms with Gasteiger partial charge in [0.25, 0.3) is 0 Å². The van der Waals surface area contributed by atoms with Crippen molar-refractivity contribution >= 4 is 5.65 Å². The number of aryl methyl sites for hydroxylation is 1. The first-order valence-corrected chi connectivity index (χ1v) is 5.45. The van der Waals surface area contributed by atoms with E-state index in [9.17, 15) is 0 Å². The van der Waals surface area contributed by atoms with Crippen molar-refractivity contribution < 1.29 is 0 Å². The third-order valence-corrected chi connectivity index (χ3v) is 2.70. The highest BCUT2D eigenvalue weighted by atomic mass is 15.3. The molecule has 86 valence electrons. The first-order chi connectivity index (χ1) is 8.79. The second-order valence-electron chi connectivity index (χ2n) is 3.95. The molecule has 0 fully saturated rings. The molecular formula is C13H9N5. The van der Waals surface area contributed by atoms with Gasteiger partial charge in [0.05, 0.1) is 17.6 Å². The molecule has 0 N–H and O–H groups in total. The Labute approximate surface area is 103 Å². The summed E-state index contributed by atoms with van der Waals surface area (Å²) in [5, 5.41) is 13.2. The number of rotatable bonds is 1. The Morgan fingerprint density at radius 3 is 2.83 bits per heavy atom. The van der Waals surface area contributed by atoms with Crippen LogP contribution in [0.5, 0.6) is 0 Å². The van der Waals surface area contributed by atoms with E-state index in [2.05, 4.69) is 21.1 Å². The molecular weight excluding hydrogens is 226 g/mol. The molecule has 0 saturated carbocycles. The minimum Gasteiger partial charge on any atom is -0.255 e. The molecule has 3 aromatic rings. The van der Waals surface area contributed by atoms with Crippen LogP contribution in [0.4, 0.5) is 0 Å². The molecule has 5 heteroatoms. The Morgan fingerprint density at radius 2 is 2.06 bits per heavy atom. The van der Waals surface area contributed by atoms with Gasteiger partial charge < -0.3 is 0 Å². The van der Waals surface area contributed by atoms with Crippen molar-refractivity contribution in [2.24, 2.45) is 0 Å². The smallest absolute Gasteiger partial charge is 0.173 e. The van der Waals surface area contributed by atoms with Crippen molar-refractivity contribution in [1.82, 2.24) is 19.6 Å². The van der Waals surface area contributed by atoms with Gasteiger partial charge in [0.1, 0.15) is 11.6 Å². The van der Waals surface area contributed by atoms with E-state index >= 15 is 0 Å². The van der Waals surface area contributed by atoms with Gasteiger partial charge in [0, 0.05) is 12.4 Å². The topological polar surface area (TPSA) is 66.9 Å². The molecule has 0 spiro atoms. The van der Waals surface area contributed by atoms with Crippen molar-refractivity contribution in [3.63, 3.8) is 0 Å². The highest BCUT2D eigenvalue weighted by Crippen LogP contribution is 2.19. The fraction of sp³-hybridized carbons (Fsp3) is 0.0769. The van der Waals surface area contributed by atoms with E-state index in [0.717, 1.165) is 17.0 Å². The van der Waals surface area contributed by atoms with Crippen LogP contribution >= 0.6 is 0 Å². The van der Waals surface area contributed by atoms with Gasteiger partial charge in [0.2, 0.25) is 0 Å². The maximum absolute atomic E-state index is 8.97. The lowest BCUT2D eigenvalue weighted by Crippen LogP contribution is -1.97. The van der Waals surface area contributed by atoms with Crippen LogP contribution < -0.4 is 0 Å². The first kappa shape index (κ1) is 10.4. The van der Waals surface area contributed by atoms with Gasteiger partial charge in [-0.2, -0.15) is 10.4 Å². The highest BCUT2D eigenvalue weighted by Gasteiger charge is 2.10. The van der Waals surface area contributed by atoms with E-state index in [1.807, 2.05) is 25.1 Å². The summed E-state index contributed by atoms with van der Waals surface area (Å²) in [6.45, 7) is 2.01. The Bertz CT molecular complexity index is 766. The molecule has 3 heterocycles. The quantitative estimate of drug-likeness (QED) is 0.646. The number of aromatic nitrogens is 4. The third kappa shape index (κ3) is 1.52.